The van der Waals surface area contributed by atoms with Crippen LogP contribution in [0.15, 0.2) is 97.2 Å². The van der Waals surface area contributed by atoms with Gasteiger partial charge in [-0.15, -0.1) is 0 Å². The molecule has 0 aromatic carbocycles. The van der Waals surface area contributed by atoms with E-state index in [1.165, 1.54) is 193 Å². The summed E-state index contributed by atoms with van der Waals surface area (Å²) >= 11 is 0. The zero-order valence-corrected chi connectivity index (χ0v) is 54.2. The first-order chi connectivity index (χ1) is 40.5. The molecule has 0 amide bonds. The lowest BCUT2D eigenvalue weighted by atomic mass is 10.0. The van der Waals surface area contributed by atoms with E-state index in [-0.39, 0.29) is 31.1 Å². The summed E-state index contributed by atoms with van der Waals surface area (Å²) in [5, 5.41) is 0. The molecular formula is C76H132O6. The van der Waals surface area contributed by atoms with Gasteiger partial charge in [0.2, 0.25) is 0 Å². The third kappa shape index (κ3) is 67.1. The van der Waals surface area contributed by atoms with Crippen molar-refractivity contribution in [2.24, 2.45) is 0 Å². The van der Waals surface area contributed by atoms with Gasteiger partial charge in [0, 0.05) is 19.3 Å². The zero-order valence-electron chi connectivity index (χ0n) is 54.2. The third-order valence-corrected chi connectivity index (χ3v) is 15.3. The Balaban J connectivity index is 4.16. The number of ether oxygens (including phenoxy) is 3. The molecule has 0 aliphatic heterocycles. The number of allylic oxidation sites excluding steroid dienone is 16. The minimum Gasteiger partial charge on any atom is -0.462 e. The Labute approximate surface area is 508 Å². The van der Waals surface area contributed by atoms with E-state index in [0.717, 1.165) is 116 Å². The van der Waals surface area contributed by atoms with Gasteiger partial charge in [-0.25, -0.2) is 0 Å². The molecule has 0 bridgehead atoms. The molecule has 0 saturated carbocycles. The lowest BCUT2D eigenvalue weighted by Crippen LogP contribution is -2.30. The molecule has 0 rings (SSSR count). The van der Waals surface area contributed by atoms with Crippen molar-refractivity contribution in [2.75, 3.05) is 13.2 Å². The third-order valence-electron chi connectivity index (χ3n) is 15.3. The second kappa shape index (κ2) is 69.8. The molecule has 0 saturated heterocycles. The first-order valence-electron chi connectivity index (χ1n) is 35.2. The number of unbranched alkanes of at least 4 members (excludes halogenated alkanes) is 37. The average molecular weight is 1140 g/mol. The van der Waals surface area contributed by atoms with Crippen molar-refractivity contribution in [3.63, 3.8) is 0 Å². The minimum atomic E-state index is -0.784. The van der Waals surface area contributed by atoms with Gasteiger partial charge in [0.05, 0.1) is 0 Å². The SMILES string of the molecule is CC/C=C\C/C=C\C/C=C\C/C=C\C/C=C\C/C=C\CCCCCCCCCCCCCCCCCCC(=O)OCC(COC(=O)CCCCCCC/C=C\CCCCCCC)OC(=O)CCCCCCC/C=C\CCCCCCCC. The van der Waals surface area contributed by atoms with Crippen LogP contribution in [0, 0.1) is 0 Å². The Morgan fingerprint density at radius 1 is 0.256 bits per heavy atom. The van der Waals surface area contributed by atoms with Crippen LogP contribution in [0.4, 0.5) is 0 Å². The lowest BCUT2D eigenvalue weighted by molar-refractivity contribution is -0.167. The predicted octanol–water partition coefficient (Wildman–Crippen LogP) is 24.4. The largest absolute Gasteiger partial charge is 0.462 e. The maximum absolute atomic E-state index is 12.9. The van der Waals surface area contributed by atoms with Gasteiger partial charge in [-0.1, -0.05) is 304 Å². The fraction of sp³-hybridized carbons (Fsp3) is 0.750. The first kappa shape index (κ1) is 78.3. The Hall–Kier alpha value is -3.67. The van der Waals surface area contributed by atoms with E-state index in [2.05, 4.69) is 118 Å². The predicted molar refractivity (Wildman–Crippen MR) is 357 cm³/mol. The molecule has 0 aromatic heterocycles. The van der Waals surface area contributed by atoms with E-state index in [1.54, 1.807) is 0 Å². The maximum atomic E-state index is 12.9. The Bertz CT molecular complexity index is 1590. The van der Waals surface area contributed by atoms with Crippen molar-refractivity contribution in [3.8, 4) is 0 Å². The van der Waals surface area contributed by atoms with Gasteiger partial charge in [0.1, 0.15) is 13.2 Å². The van der Waals surface area contributed by atoms with Crippen LogP contribution >= 0.6 is 0 Å². The second-order valence-electron chi connectivity index (χ2n) is 23.4. The number of hydrogen-bond acceptors (Lipinski definition) is 6. The highest BCUT2D eigenvalue weighted by Gasteiger charge is 2.19. The van der Waals surface area contributed by atoms with Crippen LogP contribution in [0.2, 0.25) is 0 Å². The zero-order chi connectivity index (χ0) is 59.2. The quantitative estimate of drug-likeness (QED) is 0.0261. The summed E-state index contributed by atoms with van der Waals surface area (Å²) in [6.07, 6.45) is 94.4. The van der Waals surface area contributed by atoms with Gasteiger partial charge in [-0.2, -0.15) is 0 Å². The van der Waals surface area contributed by atoms with Gasteiger partial charge in [0.25, 0.3) is 0 Å². The van der Waals surface area contributed by atoms with E-state index in [9.17, 15) is 14.4 Å². The Morgan fingerprint density at radius 2 is 0.476 bits per heavy atom. The highest BCUT2D eigenvalue weighted by Crippen LogP contribution is 2.17. The van der Waals surface area contributed by atoms with Crippen molar-refractivity contribution >= 4 is 17.9 Å². The second-order valence-corrected chi connectivity index (χ2v) is 23.4. The molecular weight excluding hydrogens is 1010 g/mol. The molecule has 1 atom stereocenters. The van der Waals surface area contributed by atoms with E-state index >= 15 is 0 Å². The molecule has 0 radical (unpaired) electrons. The molecule has 82 heavy (non-hydrogen) atoms. The monoisotopic (exact) mass is 1140 g/mol. The molecule has 472 valence electrons. The van der Waals surface area contributed by atoms with Crippen LogP contribution in [0.1, 0.15) is 348 Å². The van der Waals surface area contributed by atoms with Crippen LogP contribution < -0.4 is 0 Å². The molecule has 0 aliphatic rings. The van der Waals surface area contributed by atoms with E-state index in [0.29, 0.717) is 19.3 Å². The summed E-state index contributed by atoms with van der Waals surface area (Å²) in [6.45, 7) is 6.53. The lowest BCUT2D eigenvalue weighted by Gasteiger charge is -2.18. The molecule has 0 heterocycles. The van der Waals surface area contributed by atoms with Gasteiger partial charge in [-0.3, -0.25) is 14.4 Å². The molecule has 6 heteroatoms. The Morgan fingerprint density at radius 3 is 0.756 bits per heavy atom. The summed E-state index contributed by atoms with van der Waals surface area (Å²) in [5.41, 5.74) is 0. The van der Waals surface area contributed by atoms with Crippen LogP contribution in [0.3, 0.4) is 0 Å². The molecule has 6 nitrogen and oxygen atoms in total. The molecule has 0 spiro atoms. The van der Waals surface area contributed by atoms with E-state index < -0.39 is 6.10 Å². The van der Waals surface area contributed by atoms with Crippen molar-refractivity contribution in [1.29, 1.82) is 0 Å². The summed E-state index contributed by atoms with van der Waals surface area (Å²) in [7, 11) is 0. The highest BCUT2D eigenvalue weighted by atomic mass is 16.6. The minimum absolute atomic E-state index is 0.0795. The maximum Gasteiger partial charge on any atom is 0.306 e. The summed E-state index contributed by atoms with van der Waals surface area (Å²) < 4.78 is 16.9. The average Bonchev–Trinajstić information content (AvgIpc) is 3.48. The van der Waals surface area contributed by atoms with E-state index in [4.69, 9.17) is 14.2 Å². The van der Waals surface area contributed by atoms with Crippen molar-refractivity contribution in [1.82, 2.24) is 0 Å². The van der Waals surface area contributed by atoms with Gasteiger partial charge in [-0.05, 0) is 122 Å². The summed E-state index contributed by atoms with van der Waals surface area (Å²) in [4.78, 5) is 38.3. The van der Waals surface area contributed by atoms with Crippen LogP contribution in [0.5, 0.6) is 0 Å². The number of esters is 3. The summed E-state index contributed by atoms with van der Waals surface area (Å²) in [5.74, 6) is -0.881. The smallest absolute Gasteiger partial charge is 0.306 e. The van der Waals surface area contributed by atoms with Crippen LogP contribution in [-0.2, 0) is 28.6 Å². The number of carbonyl (C=O) groups excluding carboxylic acids is 3. The number of hydrogen-bond donors (Lipinski definition) is 0. The highest BCUT2D eigenvalue weighted by molar-refractivity contribution is 5.71. The summed E-state index contributed by atoms with van der Waals surface area (Å²) in [6, 6.07) is 0. The fourth-order valence-corrected chi connectivity index (χ4v) is 10.0. The van der Waals surface area contributed by atoms with Crippen LogP contribution in [0.25, 0.3) is 0 Å². The number of rotatable bonds is 64. The van der Waals surface area contributed by atoms with Gasteiger partial charge < -0.3 is 14.2 Å². The first-order valence-corrected chi connectivity index (χ1v) is 35.2. The van der Waals surface area contributed by atoms with Crippen molar-refractivity contribution < 1.29 is 28.6 Å². The van der Waals surface area contributed by atoms with Crippen LogP contribution in [-0.4, -0.2) is 37.2 Å². The van der Waals surface area contributed by atoms with Crippen molar-refractivity contribution in [3.05, 3.63) is 97.2 Å². The van der Waals surface area contributed by atoms with E-state index in [1.807, 2.05) is 0 Å². The molecule has 0 aliphatic carbocycles. The molecule has 0 fully saturated rings. The molecule has 0 aromatic rings. The van der Waals surface area contributed by atoms with Gasteiger partial charge in [0.15, 0.2) is 6.10 Å². The normalized spacial score (nSPS) is 12.7. The standard InChI is InChI=1S/C76H132O6/c1-4-7-10-13-16-19-22-25-28-29-30-31-32-33-34-35-36-37-38-39-40-41-42-43-44-45-46-47-49-51-54-57-60-63-66-69-75(78)81-72-73(71-80-74(77)68-65-62-59-56-53-50-27-24-21-18-15-12-9-6-3)82-76(79)70-67-64-61-58-55-52-48-26-23-20-17-14-11-8-5-2/h7,10,16,19,24-28,30-31,33-34,36-37,48,73H,4-6,8-9,11-15,17-18,20-23,29,32,35,38-47,49-72H2,1-3H3/b10-7-,19-16-,27-24-,28-25-,31-30-,34-33-,37-36-,48-26-. The van der Waals surface area contributed by atoms with Crippen molar-refractivity contribution in [2.45, 2.75) is 354 Å². The Kier molecular flexibility index (Phi) is 66.7. The molecule has 0 N–H and O–H groups in total. The fourth-order valence-electron chi connectivity index (χ4n) is 10.0. The van der Waals surface area contributed by atoms with Gasteiger partial charge >= 0.3 is 17.9 Å². The topological polar surface area (TPSA) is 78.9 Å². The molecule has 1 unspecified atom stereocenters. The number of carbonyl (C=O) groups is 3.